The van der Waals surface area contributed by atoms with E-state index in [1.165, 1.54) is 0 Å². The van der Waals surface area contributed by atoms with Gasteiger partial charge in [0.05, 0.1) is 12.6 Å². The fourth-order valence-corrected chi connectivity index (χ4v) is 4.97. The molecule has 8 nitrogen and oxygen atoms in total. The fraction of sp³-hybridized carbons (Fsp3) is 0.464. The summed E-state index contributed by atoms with van der Waals surface area (Å²) in [6, 6.07) is 18.7. The molecule has 36 heavy (non-hydrogen) atoms. The molecule has 0 aliphatic carbocycles. The summed E-state index contributed by atoms with van der Waals surface area (Å²) in [4.78, 5) is 43.1. The van der Waals surface area contributed by atoms with E-state index in [2.05, 4.69) is 24.1 Å². The Kier molecular flexibility index (Phi) is 10.0. The van der Waals surface area contributed by atoms with E-state index in [9.17, 15) is 14.4 Å². The summed E-state index contributed by atoms with van der Waals surface area (Å²) in [5.41, 5.74) is 1.95. The molecule has 0 spiro atoms. The maximum absolute atomic E-state index is 13.5. The molecule has 0 bridgehead atoms. The normalized spacial score (nSPS) is 17.5. The van der Waals surface area contributed by atoms with Crippen molar-refractivity contribution in [3.63, 3.8) is 0 Å². The Hall–Kier alpha value is -3.23. The van der Waals surface area contributed by atoms with Crippen LogP contribution >= 0.6 is 0 Å². The van der Waals surface area contributed by atoms with Crippen molar-refractivity contribution in [1.82, 2.24) is 25.1 Å². The molecule has 0 aromatic heterocycles. The Bertz CT molecular complexity index is 983. The number of hydrogen-bond donors (Lipinski definition) is 1. The standard InChI is InChI=1S/C28H39N5O3/c1-5-24(6-2)30(3)19-26-32(25(21-34)17-22-13-9-7-10-14-22)27(35)20-31(4)33(26)28(36)29-18-23-15-11-8-12-16-23/h7-16,21,24-26H,5-6,17-20H2,1-4H3,(H,29,36)/t25-,26?/m0/s1. The molecule has 0 radical (unpaired) electrons. The van der Waals surface area contributed by atoms with Crippen LogP contribution in [0.3, 0.4) is 0 Å². The number of rotatable bonds is 11. The molecule has 1 N–H and O–H groups in total. The van der Waals surface area contributed by atoms with E-state index >= 15 is 0 Å². The third kappa shape index (κ3) is 6.71. The van der Waals surface area contributed by atoms with Crippen LogP contribution in [0.25, 0.3) is 0 Å². The second-order valence-electron chi connectivity index (χ2n) is 9.39. The first-order valence-corrected chi connectivity index (χ1v) is 12.7. The van der Waals surface area contributed by atoms with E-state index in [-0.39, 0.29) is 18.5 Å². The summed E-state index contributed by atoms with van der Waals surface area (Å²) in [7, 11) is 3.76. The van der Waals surface area contributed by atoms with Gasteiger partial charge < -0.3 is 15.0 Å². The Balaban J connectivity index is 1.92. The number of benzene rings is 2. The van der Waals surface area contributed by atoms with Crippen molar-refractivity contribution in [3.8, 4) is 0 Å². The number of aldehydes is 1. The summed E-state index contributed by atoms with van der Waals surface area (Å²) in [5, 5.41) is 6.27. The van der Waals surface area contributed by atoms with Crippen molar-refractivity contribution in [3.05, 3.63) is 71.8 Å². The minimum absolute atomic E-state index is 0.0169. The molecule has 2 aromatic rings. The van der Waals surface area contributed by atoms with Crippen molar-refractivity contribution >= 4 is 18.2 Å². The summed E-state index contributed by atoms with van der Waals surface area (Å²) in [5.74, 6) is -0.166. The number of nitrogens with zero attached hydrogens (tertiary/aromatic N) is 4. The van der Waals surface area contributed by atoms with Gasteiger partial charge in [-0.25, -0.2) is 14.8 Å². The molecule has 1 heterocycles. The summed E-state index contributed by atoms with van der Waals surface area (Å²) in [6.07, 6.45) is 2.50. The van der Waals surface area contributed by atoms with Crippen LogP contribution in [-0.2, 0) is 22.6 Å². The second kappa shape index (κ2) is 13.2. The first kappa shape index (κ1) is 27.4. The third-order valence-corrected chi connectivity index (χ3v) is 6.94. The van der Waals surface area contributed by atoms with Crippen molar-refractivity contribution < 1.29 is 14.4 Å². The number of urea groups is 1. The van der Waals surface area contributed by atoms with Crippen LogP contribution < -0.4 is 5.32 Å². The Morgan fingerprint density at radius 2 is 1.64 bits per heavy atom. The monoisotopic (exact) mass is 493 g/mol. The molecule has 8 heteroatoms. The zero-order chi connectivity index (χ0) is 26.1. The Morgan fingerprint density at radius 1 is 1.06 bits per heavy atom. The van der Waals surface area contributed by atoms with Crippen molar-refractivity contribution in [2.75, 3.05) is 27.2 Å². The minimum atomic E-state index is -0.682. The minimum Gasteiger partial charge on any atom is -0.333 e. The van der Waals surface area contributed by atoms with Crippen molar-refractivity contribution in [2.45, 2.75) is 57.9 Å². The number of likely N-dealkylation sites (N-methyl/N-ethyl adjacent to an activating group) is 2. The van der Waals surface area contributed by atoms with Gasteiger partial charge in [0.2, 0.25) is 5.91 Å². The van der Waals surface area contributed by atoms with Gasteiger partial charge in [-0.05, 0) is 37.4 Å². The van der Waals surface area contributed by atoms with E-state index in [1.807, 2.05) is 67.7 Å². The zero-order valence-electron chi connectivity index (χ0n) is 21.8. The number of carbonyl (C=O) groups excluding carboxylic acids is 3. The molecule has 1 unspecified atom stereocenters. The lowest BCUT2D eigenvalue weighted by molar-refractivity contribution is -0.171. The smallest absolute Gasteiger partial charge is 0.333 e. The van der Waals surface area contributed by atoms with E-state index < -0.39 is 12.2 Å². The highest BCUT2D eigenvalue weighted by Crippen LogP contribution is 2.23. The van der Waals surface area contributed by atoms with Crippen LogP contribution in [0.5, 0.6) is 0 Å². The summed E-state index contributed by atoms with van der Waals surface area (Å²) < 4.78 is 0. The summed E-state index contributed by atoms with van der Waals surface area (Å²) in [6.45, 7) is 5.08. The quantitative estimate of drug-likeness (QED) is 0.487. The van der Waals surface area contributed by atoms with Crippen LogP contribution in [0.1, 0.15) is 37.8 Å². The van der Waals surface area contributed by atoms with Gasteiger partial charge in [0.15, 0.2) is 0 Å². The average molecular weight is 494 g/mol. The Labute approximate surface area is 214 Å². The molecular weight excluding hydrogens is 454 g/mol. The highest BCUT2D eigenvalue weighted by Gasteiger charge is 2.44. The average Bonchev–Trinajstić information content (AvgIpc) is 2.88. The Morgan fingerprint density at radius 3 is 2.19 bits per heavy atom. The lowest BCUT2D eigenvalue weighted by Crippen LogP contribution is -2.71. The molecule has 2 aromatic carbocycles. The second-order valence-corrected chi connectivity index (χ2v) is 9.39. The molecule has 194 valence electrons. The van der Waals surface area contributed by atoms with Gasteiger partial charge in [0.1, 0.15) is 12.5 Å². The first-order chi connectivity index (χ1) is 17.4. The highest BCUT2D eigenvalue weighted by atomic mass is 16.2. The first-order valence-electron chi connectivity index (χ1n) is 12.7. The largest absolute Gasteiger partial charge is 0.334 e. The maximum Gasteiger partial charge on any atom is 0.334 e. The predicted octanol–water partition coefficient (Wildman–Crippen LogP) is 3.14. The van der Waals surface area contributed by atoms with Crippen molar-refractivity contribution in [2.24, 2.45) is 0 Å². The summed E-state index contributed by atoms with van der Waals surface area (Å²) >= 11 is 0. The van der Waals surface area contributed by atoms with Gasteiger partial charge in [-0.15, -0.1) is 0 Å². The van der Waals surface area contributed by atoms with E-state index in [0.29, 0.717) is 25.6 Å². The number of carbonyl (C=O) groups is 3. The maximum atomic E-state index is 13.5. The number of hydrazine groups is 1. The SMILES string of the molecule is CCC(CC)N(C)CC1N([C@H](C=O)Cc2ccccc2)C(=O)CN(C)N1C(=O)NCc1ccccc1. The predicted molar refractivity (Wildman–Crippen MR) is 141 cm³/mol. The van der Waals surface area contributed by atoms with Gasteiger partial charge in [0.25, 0.3) is 0 Å². The van der Waals surface area contributed by atoms with Gasteiger partial charge >= 0.3 is 6.03 Å². The van der Waals surface area contributed by atoms with Crippen LogP contribution in [0.15, 0.2) is 60.7 Å². The third-order valence-electron chi connectivity index (χ3n) is 6.94. The van der Waals surface area contributed by atoms with Gasteiger partial charge in [-0.3, -0.25) is 9.69 Å². The number of nitrogens with one attached hydrogen (secondary N) is 1. The molecule has 1 saturated heterocycles. The molecule has 3 amide bonds. The molecule has 1 aliphatic heterocycles. The molecular formula is C28H39N5O3. The molecule has 1 aliphatic rings. The van der Waals surface area contributed by atoms with Gasteiger partial charge in [0, 0.05) is 26.2 Å². The zero-order valence-corrected chi connectivity index (χ0v) is 21.8. The van der Waals surface area contributed by atoms with Crippen LogP contribution in [0.2, 0.25) is 0 Å². The van der Waals surface area contributed by atoms with E-state index in [0.717, 1.165) is 30.3 Å². The van der Waals surface area contributed by atoms with Crippen LogP contribution in [0.4, 0.5) is 4.79 Å². The lowest BCUT2D eigenvalue weighted by Gasteiger charge is -2.50. The van der Waals surface area contributed by atoms with E-state index in [1.54, 1.807) is 22.0 Å². The number of hydrogen-bond acceptors (Lipinski definition) is 5. The molecule has 0 saturated carbocycles. The highest BCUT2D eigenvalue weighted by molar-refractivity contribution is 5.85. The van der Waals surface area contributed by atoms with E-state index in [4.69, 9.17) is 0 Å². The fourth-order valence-electron chi connectivity index (χ4n) is 4.97. The van der Waals surface area contributed by atoms with Gasteiger partial charge in [-0.1, -0.05) is 74.5 Å². The van der Waals surface area contributed by atoms with Gasteiger partial charge in [-0.2, -0.15) is 0 Å². The molecule has 1 fully saturated rings. The van der Waals surface area contributed by atoms with Crippen LogP contribution in [0, 0.1) is 0 Å². The topological polar surface area (TPSA) is 76.2 Å². The van der Waals surface area contributed by atoms with Crippen molar-refractivity contribution in [1.29, 1.82) is 0 Å². The molecule has 3 rings (SSSR count). The van der Waals surface area contributed by atoms with Crippen LogP contribution in [-0.4, -0.2) is 83.5 Å². The lowest BCUT2D eigenvalue weighted by atomic mass is 10.0. The number of amides is 3. The molecule has 2 atom stereocenters.